The summed E-state index contributed by atoms with van der Waals surface area (Å²) in [5.74, 6) is -0.825. The van der Waals surface area contributed by atoms with E-state index in [-0.39, 0.29) is 23.3 Å². The summed E-state index contributed by atoms with van der Waals surface area (Å²) in [4.78, 5) is 24.5. The van der Waals surface area contributed by atoms with Crippen LogP contribution in [0.15, 0.2) is 53.4 Å². The van der Waals surface area contributed by atoms with Gasteiger partial charge in [0, 0.05) is 35.9 Å². The molecule has 1 fully saturated rings. The number of amides is 2. The van der Waals surface area contributed by atoms with E-state index in [1.54, 1.807) is 31.2 Å². The highest BCUT2D eigenvalue weighted by atomic mass is 35.5. The van der Waals surface area contributed by atoms with Gasteiger partial charge in [0.25, 0.3) is 0 Å². The zero-order chi connectivity index (χ0) is 21.7. The summed E-state index contributed by atoms with van der Waals surface area (Å²) < 4.78 is 27.2. The molecule has 0 aromatic heterocycles. The normalized spacial score (nSPS) is 17.3. The lowest BCUT2D eigenvalue weighted by molar-refractivity contribution is -0.121. The van der Waals surface area contributed by atoms with Gasteiger partial charge in [0.05, 0.1) is 10.8 Å². The van der Waals surface area contributed by atoms with Crippen LogP contribution in [0, 0.1) is 5.92 Å². The Morgan fingerprint density at radius 1 is 1.10 bits per heavy atom. The number of hydrogen-bond donors (Lipinski definition) is 2. The number of halogens is 1. The highest BCUT2D eigenvalue weighted by Gasteiger charge is 2.33. The van der Waals surface area contributed by atoms with Gasteiger partial charge in [0.1, 0.15) is 0 Å². The molecule has 30 heavy (non-hydrogen) atoms. The Bertz CT molecular complexity index is 1020. The first-order chi connectivity index (χ1) is 14.3. The average Bonchev–Trinajstić information content (AvgIpc) is 2.74. The molecule has 0 saturated carbocycles. The zero-order valence-electron chi connectivity index (χ0n) is 16.6. The first-order valence-corrected chi connectivity index (χ1v) is 11.6. The van der Waals surface area contributed by atoms with Crippen molar-refractivity contribution in [3.63, 3.8) is 0 Å². The van der Waals surface area contributed by atoms with Crippen molar-refractivity contribution in [2.75, 3.05) is 23.7 Å². The van der Waals surface area contributed by atoms with Crippen LogP contribution in [0.5, 0.6) is 0 Å². The van der Waals surface area contributed by atoms with Crippen molar-refractivity contribution in [1.82, 2.24) is 4.31 Å². The number of carbonyl (C=O) groups excluding carboxylic acids is 2. The summed E-state index contributed by atoms with van der Waals surface area (Å²) in [5.41, 5.74) is 1.14. The van der Waals surface area contributed by atoms with Crippen molar-refractivity contribution in [2.24, 2.45) is 5.92 Å². The molecule has 2 aromatic carbocycles. The van der Waals surface area contributed by atoms with E-state index in [0.29, 0.717) is 42.2 Å². The van der Waals surface area contributed by atoms with Crippen molar-refractivity contribution < 1.29 is 18.0 Å². The number of rotatable bonds is 6. The van der Waals surface area contributed by atoms with E-state index in [1.165, 1.54) is 28.6 Å². The summed E-state index contributed by atoms with van der Waals surface area (Å²) in [5, 5.41) is 6.04. The van der Waals surface area contributed by atoms with Crippen molar-refractivity contribution in [3.05, 3.63) is 53.6 Å². The van der Waals surface area contributed by atoms with Gasteiger partial charge in [-0.1, -0.05) is 24.6 Å². The number of sulfonamides is 1. The number of anilines is 2. The van der Waals surface area contributed by atoms with Gasteiger partial charge in [-0.3, -0.25) is 9.59 Å². The van der Waals surface area contributed by atoms with E-state index in [9.17, 15) is 18.0 Å². The molecule has 1 unspecified atom stereocenters. The van der Waals surface area contributed by atoms with Gasteiger partial charge >= 0.3 is 0 Å². The summed E-state index contributed by atoms with van der Waals surface area (Å²) >= 11 is 5.85. The SMILES string of the molecule is CCC(=O)Nc1cccc(NC(=O)C2CCCN(S(=O)(=O)c3ccc(Cl)cc3)C2)c1. The maximum atomic E-state index is 12.9. The molecular weight excluding hydrogens is 426 g/mol. The van der Waals surface area contributed by atoms with Gasteiger partial charge in [0.15, 0.2) is 0 Å². The number of hydrogen-bond acceptors (Lipinski definition) is 4. The van der Waals surface area contributed by atoms with E-state index >= 15 is 0 Å². The standard InChI is InChI=1S/C21H24ClN3O4S/c1-2-20(26)23-17-6-3-7-18(13-17)24-21(27)15-5-4-12-25(14-15)30(28,29)19-10-8-16(22)9-11-19/h3,6-11,13,15H,2,4-5,12,14H2,1H3,(H,23,26)(H,24,27). The number of nitrogens with one attached hydrogen (secondary N) is 2. The Balaban J connectivity index is 1.68. The lowest BCUT2D eigenvalue weighted by atomic mass is 9.98. The fourth-order valence-corrected chi connectivity index (χ4v) is 4.95. The molecule has 0 radical (unpaired) electrons. The van der Waals surface area contributed by atoms with E-state index < -0.39 is 15.9 Å². The Labute approximate surface area is 181 Å². The summed E-state index contributed by atoms with van der Waals surface area (Å²) in [6.07, 6.45) is 1.55. The molecule has 2 aromatic rings. The molecule has 1 saturated heterocycles. The third-order valence-electron chi connectivity index (χ3n) is 4.94. The predicted octanol–water partition coefficient (Wildman–Crippen LogP) is 3.73. The second-order valence-electron chi connectivity index (χ2n) is 7.13. The molecule has 0 bridgehead atoms. The van der Waals surface area contributed by atoms with Gasteiger partial charge in [-0.25, -0.2) is 8.42 Å². The summed E-state index contributed by atoms with van der Waals surface area (Å²) in [7, 11) is -3.69. The van der Waals surface area contributed by atoms with Crippen LogP contribution in [0.1, 0.15) is 26.2 Å². The van der Waals surface area contributed by atoms with E-state index in [0.717, 1.165) is 0 Å². The van der Waals surface area contributed by atoms with Crippen molar-refractivity contribution in [2.45, 2.75) is 31.1 Å². The maximum Gasteiger partial charge on any atom is 0.243 e. The molecule has 1 aliphatic rings. The third-order valence-corrected chi connectivity index (χ3v) is 7.07. The smallest absolute Gasteiger partial charge is 0.243 e. The molecule has 1 heterocycles. The molecular formula is C21H24ClN3O4S. The summed E-state index contributed by atoms with van der Waals surface area (Å²) in [6.45, 7) is 2.24. The van der Waals surface area contributed by atoms with E-state index in [4.69, 9.17) is 11.6 Å². The third kappa shape index (κ3) is 5.38. The Kier molecular flexibility index (Phi) is 7.12. The fraction of sp³-hybridized carbons (Fsp3) is 0.333. The molecule has 0 spiro atoms. The predicted molar refractivity (Wildman–Crippen MR) is 117 cm³/mol. The zero-order valence-corrected chi connectivity index (χ0v) is 18.2. The summed E-state index contributed by atoms with van der Waals surface area (Å²) in [6, 6.07) is 12.9. The van der Waals surface area contributed by atoms with Gasteiger partial charge in [0.2, 0.25) is 21.8 Å². The van der Waals surface area contributed by atoms with E-state index in [2.05, 4.69) is 10.6 Å². The number of nitrogens with zero attached hydrogens (tertiary/aromatic N) is 1. The average molecular weight is 450 g/mol. The molecule has 0 aliphatic carbocycles. The second-order valence-corrected chi connectivity index (χ2v) is 9.50. The van der Waals surface area contributed by atoms with Gasteiger partial charge < -0.3 is 10.6 Å². The lowest BCUT2D eigenvalue weighted by Gasteiger charge is -2.31. The molecule has 1 aliphatic heterocycles. The van der Waals surface area contributed by atoms with Gasteiger partial charge in [-0.15, -0.1) is 0 Å². The van der Waals surface area contributed by atoms with Crippen LogP contribution in [-0.2, 0) is 19.6 Å². The van der Waals surface area contributed by atoms with E-state index in [1.807, 2.05) is 0 Å². The molecule has 2 N–H and O–H groups in total. The molecule has 7 nitrogen and oxygen atoms in total. The van der Waals surface area contributed by atoms with Crippen molar-refractivity contribution in [1.29, 1.82) is 0 Å². The van der Waals surface area contributed by atoms with Gasteiger partial charge in [-0.2, -0.15) is 4.31 Å². The minimum atomic E-state index is -3.69. The maximum absolute atomic E-state index is 12.9. The highest BCUT2D eigenvalue weighted by molar-refractivity contribution is 7.89. The molecule has 160 valence electrons. The topological polar surface area (TPSA) is 95.6 Å². The largest absolute Gasteiger partial charge is 0.326 e. The van der Waals surface area contributed by atoms with Crippen molar-refractivity contribution in [3.8, 4) is 0 Å². The fourth-order valence-electron chi connectivity index (χ4n) is 3.30. The first-order valence-electron chi connectivity index (χ1n) is 9.76. The first kappa shape index (κ1) is 22.3. The second kappa shape index (κ2) is 9.59. The van der Waals surface area contributed by atoms with Crippen LogP contribution in [0.25, 0.3) is 0 Å². The number of carbonyl (C=O) groups is 2. The number of benzene rings is 2. The molecule has 3 rings (SSSR count). The Morgan fingerprint density at radius 2 is 1.77 bits per heavy atom. The monoisotopic (exact) mass is 449 g/mol. The molecule has 9 heteroatoms. The Hall–Kier alpha value is -2.42. The van der Waals surface area contributed by atoms with Crippen LogP contribution in [0.2, 0.25) is 5.02 Å². The molecule has 2 amide bonds. The number of piperidine rings is 1. The quantitative estimate of drug-likeness (QED) is 0.702. The Morgan fingerprint density at radius 3 is 2.43 bits per heavy atom. The highest BCUT2D eigenvalue weighted by Crippen LogP contribution is 2.26. The minimum absolute atomic E-state index is 0.114. The van der Waals surface area contributed by atoms with Crippen LogP contribution >= 0.6 is 11.6 Å². The van der Waals surface area contributed by atoms with Crippen LogP contribution in [-0.4, -0.2) is 37.6 Å². The van der Waals surface area contributed by atoms with Crippen molar-refractivity contribution >= 4 is 44.8 Å². The van der Waals surface area contributed by atoms with Crippen LogP contribution in [0.3, 0.4) is 0 Å². The minimum Gasteiger partial charge on any atom is -0.326 e. The lowest BCUT2D eigenvalue weighted by Crippen LogP contribution is -2.43. The molecule has 1 atom stereocenters. The van der Waals surface area contributed by atoms with Crippen LogP contribution < -0.4 is 10.6 Å². The van der Waals surface area contributed by atoms with Gasteiger partial charge in [-0.05, 0) is 55.3 Å². The van der Waals surface area contributed by atoms with Crippen LogP contribution in [0.4, 0.5) is 11.4 Å².